The van der Waals surface area contributed by atoms with Gasteiger partial charge in [-0.2, -0.15) is 5.10 Å². The number of benzene rings is 2. The molecule has 0 spiro atoms. The molecule has 23 heavy (non-hydrogen) atoms. The van der Waals surface area contributed by atoms with E-state index in [4.69, 9.17) is 16.3 Å². The summed E-state index contributed by atoms with van der Waals surface area (Å²) in [4.78, 5) is 2.36. The molecule has 0 aromatic heterocycles. The molecule has 2 aromatic carbocycles. The van der Waals surface area contributed by atoms with Crippen molar-refractivity contribution in [3.63, 3.8) is 0 Å². The van der Waals surface area contributed by atoms with Gasteiger partial charge in [-0.25, -0.2) is 0 Å². The van der Waals surface area contributed by atoms with E-state index in [9.17, 15) is 0 Å². The van der Waals surface area contributed by atoms with Crippen molar-refractivity contribution in [3.05, 3.63) is 59.1 Å². The molecule has 1 aliphatic heterocycles. The summed E-state index contributed by atoms with van der Waals surface area (Å²) in [6, 6.07) is 15.9. The largest absolute Gasteiger partial charge is 0.497 e. The van der Waals surface area contributed by atoms with Gasteiger partial charge in [0.25, 0.3) is 0 Å². The standard InChI is InChI=1S/C18H20ClN3O/c1-23-18-8-2-15(3-9-18)14-20-22-12-10-21(11-13-22)17-6-4-16(19)5-7-17/h2-9,14H,10-13H2,1H3/b20-14-. The van der Waals surface area contributed by atoms with Gasteiger partial charge in [0, 0.05) is 23.8 Å². The molecule has 0 N–H and O–H groups in total. The maximum atomic E-state index is 5.94. The zero-order chi connectivity index (χ0) is 16.1. The highest BCUT2D eigenvalue weighted by Crippen LogP contribution is 2.19. The fourth-order valence-corrected chi connectivity index (χ4v) is 2.69. The van der Waals surface area contributed by atoms with E-state index < -0.39 is 0 Å². The molecule has 1 aliphatic rings. The quantitative estimate of drug-likeness (QED) is 0.804. The molecule has 0 saturated carbocycles. The number of methoxy groups -OCH3 is 1. The molecular formula is C18H20ClN3O. The third-order valence-corrected chi connectivity index (χ3v) is 4.19. The van der Waals surface area contributed by atoms with E-state index >= 15 is 0 Å². The molecule has 120 valence electrons. The Morgan fingerprint density at radius 1 is 0.957 bits per heavy atom. The van der Waals surface area contributed by atoms with Crippen molar-refractivity contribution in [1.82, 2.24) is 5.01 Å². The number of hydrazone groups is 1. The second kappa shape index (κ2) is 7.38. The molecule has 2 aromatic rings. The minimum absolute atomic E-state index is 0.775. The summed E-state index contributed by atoms with van der Waals surface area (Å²) in [5.74, 6) is 0.860. The first-order valence-electron chi connectivity index (χ1n) is 7.68. The summed E-state index contributed by atoms with van der Waals surface area (Å²) < 4.78 is 5.16. The summed E-state index contributed by atoms with van der Waals surface area (Å²) in [6.07, 6.45) is 1.90. The Morgan fingerprint density at radius 3 is 2.22 bits per heavy atom. The van der Waals surface area contributed by atoms with Gasteiger partial charge in [0.1, 0.15) is 5.75 Å². The summed E-state index contributed by atoms with van der Waals surface area (Å²) in [5.41, 5.74) is 2.29. The van der Waals surface area contributed by atoms with Gasteiger partial charge < -0.3 is 9.64 Å². The first-order valence-corrected chi connectivity index (χ1v) is 8.06. The van der Waals surface area contributed by atoms with E-state index in [-0.39, 0.29) is 0 Å². The maximum absolute atomic E-state index is 5.94. The van der Waals surface area contributed by atoms with Gasteiger partial charge in [0.2, 0.25) is 0 Å². The molecule has 0 bridgehead atoms. The van der Waals surface area contributed by atoms with Crippen LogP contribution >= 0.6 is 11.6 Å². The van der Waals surface area contributed by atoms with Crippen LogP contribution in [0.2, 0.25) is 5.02 Å². The van der Waals surface area contributed by atoms with Gasteiger partial charge in [-0.1, -0.05) is 11.6 Å². The van der Waals surface area contributed by atoms with Crippen molar-refractivity contribution in [2.75, 3.05) is 38.2 Å². The van der Waals surface area contributed by atoms with Gasteiger partial charge >= 0.3 is 0 Å². The van der Waals surface area contributed by atoms with Crippen molar-refractivity contribution < 1.29 is 4.74 Å². The van der Waals surface area contributed by atoms with E-state index in [0.717, 1.165) is 42.5 Å². The van der Waals surface area contributed by atoms with E-state index in [0.29, 0.717) is 0 Å². The molecule has 3 rings (SSSR count). The highest BCUT2D eigenvalue weighted by atomic mass is 35.5. The lowest BCUT2D eigenvalue weighted by atomic mass is 10.2. The highest BCUT2D eigenvalue weighted by molar-refractivity contribution is 6.30. The van der Waals surface area contributed by atoms with Crippen molar-refractivity contribution in [3.8, 4) is 5.75 Å². The summed E-state index contributed by atoms with van der Waals surface area (Å²) in [6.45, 7) is 3.74. The Bertz CT molecular complexity index is 647. The fourth-order valence-electron chi connectivity index (χ4n) is 2.56. The Hall–Kier alpha value is -2.20. The average molecular weight is 330 g/mol. The summed E-state index contributed by atoms with van der Waals surface area (Å²) in [5, 5.41) is 7.45. The Balaban J connectivity index is 1.54. The molecule has 1 saturated heterocycles. The molecule has 0 aliphatic carbocycles. The number of anilines is 1. The van der Waals surface area contributed by atoms with Gasteiger partial charge in [0.15, 0.2) is 0 Å². The van der Waals surface area contributed by atoms with Crippen LogP contribution in [0.5, 0.6) is 5.75 Å². The van der Waals surface area contributed by atoms with Crippen LogP contribution in [0.1, 0.15) is 5.56 Å². The highest BCUT2D eigenvalue weighted by Gasteiger charge is 2.15. The van der Waals surface area contributed by atoms with Crippen LogP contribution in [0.25, 0.3) is 0 Å². The lowest BCUT2D eigenvalue weighted by Crippen LogP contribution is -2.44. The van der Waals surface area contributed by atoms with Gasteiger partial charge in [-0.3, -0.25) is 5.01 Å². The number of piperazine rings is 1. The minimum atomic E-state index is 0.775. The molecular weight excluding hydrogens is 310 g/mol. The molecule has 5 heteroatoms. The SMILES string of the molecule is COc1ccc(/C=N\N2CCN(c3ccc(Cl)cc3)CC2)cc1. The molecule has 0 radical (unpaired) electrons. The number of ether oxygens (including phenoxy) is 1. The first-order chi connectivity index (χ1) is 11.2. The first kappa shape index (κ1) is 15.7. The summed E-state index contributed by atoms with van der Waals surface area (Å²) >= 11 is 5.94. The fraction of sp³-hybridized carbons (Fsp3) is 0.278. The monoisotopic (exact) mass is 329 g/mol. The van der Waals surface area contributed by atoms with Crippen LogP contribution in [0.4, 0.5) is 5.69 Å². The van der Waals surface area contributed by atoms with E-state index in [2.05, 4.69) is 27.1 Å². The minimum Gasteiger partial charge on any atom is -0.497 e. The third kappa shape index (κ3) is 4.17. The molecule has 1 heterocycles. The number of hydrogen-bond donors (Lipinski definition) is 0. The molecule has 0 amide bonds. The van der Waals surface area contributed by atoms with Gasteiger partial charge in [-0.05, 0) is 54.1 Å². The lowest BCUT2D eigenvalue weighted by molar-refractivity contribution is 0.272. The second-order valence-electron chi connectivity index (χ2n) is 5.43. The van der Waals surface area contributed by atoms with Crippen LogP contribution in [0.15, 0.2) is 53.6 Å². The summed E-state index contributed by atoms with van der Waals surface area (Å²) in [7, 11) is 1.67. The molecule has 1 fully saturated rings. The van der Waals surface area contributed by atoms with Crippen LogP contribution in [0, 0.1) is 0 Å². The van der Waals surface area contributed by atoms with Gasteiger partial charge in [-0.15, -0.1) is 0 Å². The van der Waals surface area contributed by atoms with Crippen molar-refractivity contribution in [1.29, 1.82) is 0 Å². The van der Waals surface area contributed by atoms with Crippen molar-refractivity contribution in [2.45, 2.75) is 0 Å². The predicted molar refractivity (Wildman–Crippen MR) is 95.8 cm³/mol. The van der Waals surface area contributed by atoms with E-state index in [1.807, 2.05) is 42.6 Å². The number of hydrogen-bond acceptors (Lipinski definition) is 4. The number of halogens is 1. The Kier molecular flexibility index (Phi) is 5.03. The Labute approximate surface area is 141 Å². The predicted octanol–water partition coefficient (Wildman–Crippen LogP) is 3.50. The van der Waals surface area contributed by atoms with Crippen LogP contribution in [0.3, 0.4) is 0 Å². The average Bonchev–Trinajstić information content (AvgIpc) is 2.61. The zero-order valence-corrected chi connectivity index (χ0v) is 13.9. The third-order valence-electron chi connectivity index (χ3n) is 3.93. The number of rotatable bonds is 4. The Morgan fingerprint density at radius 2 is 1.61 bits per heavy atom. The van der Waals surface area contributed by atoms with Crippen LogP contribution < -0.4 is 9.64 Å². The zero-order valence-electron chi connectivity index (χ0n) is 13.2. The van der Waals surface area contributed by atoms with E-state index in [1.165, 1.54) is 5.69 Å². The maximum Gasteiger partial charge on any atom is 0.118 e. The topological polar surface area (TPSA) is 28.1 Å². The van der Waals surface area contributed by atoms with Crippen molar-refractivity contribution in [2.24, 2.45) is 5.10 Å². The molecule has 0 unspecified atom stereocenters. The van der Waals surface area contributed by atoms with Crippen LogP contribution in [-0.4, -0.2) is 44.5 Å². The van der Waals surface area contributed by atoms with Crippen LogP contribution in [-0.2, 0) is 0 Å². The molecule has 4 nitrogen and oxygen atoms in total. The lowest BCUT2D eigenvalue weighted by Gasteiger charge is -2.34. The normalized spacial score (nSPS) is 15.2. The number of nitrogens with zero attached hydrogens (tertiary/aromatic N) is 3. The molecule has 0 atom stereocenters. The van der Waals surface area contributed by atoms with Crippen molar-refractivity contribution >= 4 is 23.5 Å². The van der Waals surface area contributed by atoms with Gasteiger partial charge in [0.05, 0.1) is 26.4 Å². The second-order valence-corrected chi connectivity index (χ2v) is 5.87. The smallest absolute Gasteiger partial charge is 0.118 e. The van der Waals surface area contributed by atoms with E-state index in [1.54, 1.807) is 7.11 Å².